The highest BCUT2D eigenvalue weighted by atomic mass is 127. The number of halogens is 1. The van der Waals surface area contributed by atoms with E-state index in [1.165, 1.54) is 7.11 Å². The highest BCUT2D eigenvalue weighted by Crippen LogP contribution is 2.28. The zero-order valence-electron chi connectivity index (χ0n) is 17.8. The van der Waals surface area contributed by atoms with Crippen LogP contribution in [-0.4, -0.2) is 64.3 Å². The van der Waals surface area contributed by atoms with E-state index in [2.05, 4.69) is 26.2 Å². The number of carbonyl (C=O) groups excluding carboxylic acids is 1. The van der Waals surface area contributed by atoms with E-state index >= 15 is 0 Å². The van der Waals surface area contributed by atoms with Crippen molar-refractivity contribution in [1.82, 2.24) is 10.2 Å². The summed E-state index contributed by atoms with van der Waals surface area (Å²) in [7, 11) is 4.82. The second-order valence-corrected chi connectivity index (χ2v) is 6.72. The third-order valence-electron chi connectivity index (χ3n) is 5.01. The van der Waals surface area contributed by atoms with Crippen molar-refractivity contribution in [2.45, 2.75) is 13.5 Å². The fourth-order valence-electron chi connectivity index (χ4n) is 3.49. The number of aryl methyl sites for hydroxylation is 1. The Kier molecular flexibility index (Phi) is 8.82. The van der Waals surface area contributed by atoms with Crippen LogP contribution in [0.4, 0.5) is 5.69 Å². The Morgan fingerprint density at radius 2 is 1.90 bits per heavy atom. The summed E-state index contributed by atoms with van der Waals surface area (Å²) in [4.78, 5) is 20.7. The van der Waals surface area contributed by atoms with Crippen LogP contribution in [0.2, 0.25) is 0 Å². The molecular formula is C21H29IN4O4. The first-order chi connectivity index (χ1) is 14.1. The third-order valence-corrected chi connectivity index (χ3v) is 5.01. The highest BCUT2D eigenvalue weighted by Gasteiger charge is 2.22. The molecule has 0 bridgehead atoms. The zero-order chi connectivity index (χ0) is 20.8. The first kappa shape index (κ1) is 23.8. The summed E-state index contributed by atoms with van der Waals surface area (Å²) in [6, 6.07) is 9.78. The number of esters is 1. The van der Waals surface area contributed by atoms with Gasteiger partial charge in [0.1, 0.15) is 22.8 Å². The van der Waals surface area contributed by atoms with E-state index in [1.54, 1.807) is 27.1 Å². The van der Waals surface area contributed by atoms with Crippen molar-refractivity contribution in [3.05, 3.63) is 47.4 Å². The number of aliphatic imine (C=N–C) groups is 1. The molecule has 1 aliphatic heterocycles. The molecular weight excluding hydrogens is 499 g/mol. The van der Waals surface area contributed by atoms with Crippen LogP contribution in [0, 0.1) is 6.92 Å². The normalized spacial score (nSPS) is 14.2. The summed E-state index contributed by atoms with van der Waals surface area (Å²) in [5.41, 5.74) is 1.56. The zero-order valence-corrected chi connectivity index (χ0v) is 20.1. The van der Waals surface area contributed by atoms with Crippen LogP contribution in [0.1, 0.15) is 21.9 Å². The quantitative estimate of drug-likeness (QED) is 0.277. The molecule has 0 aliphatic carbocycles. The van der Waals surface area contributed by atoms with Gasteiger partial charge in [0, 0.05) is 33.2 Å². The van der Waals surface area contributed by atoms with Gasteiger partial charge in [-0.15, -0.1) is 24.0 Å². The minimum atomic E-state index is -0.394. The molecule has 2 heterocycles. The summed E-state index contributed by atoms with van der Waals surface area (Å²) in [6.07, 6.45) is 0. The number of piperazine rings is 1. The number of hydrogen-bond donors (Lipinski definition) is 1. The Balaban J connectivity index is 0.00000320. The first-order valence-corrected chi connectivity index (χ1v) is 9.58. The topological polar surface area (TPSA) is 79.5 Å². The third kappa shape index (κ3) is 5.38. The lowest BCUT2D eigenvalue weighted by Gasteiger charge is -2.38. The summed E-state index contributed by atoms with van der Waals surface area (Å²) in [5.74, 6) is 2.51. The monoisotopic (exact) mass is 528 g/mol. The van der Waals surface area contributed by atoms with E-state index < -0.39 is 5.97 Å². The molecule has 0 atom stereocenters. The van der Waals surface area contributed by atoms with E-state index in [0.29, 0.717) is 23.6 Å². The Morgan fingerprint density at radius 1 is 1.20 bits per heavy atom. The number of methoxy groups -OCH3 is 2. The van der Waals surface area contributed by atoms with Crippen LogP contribution in [0.25, 0.3) is 0 Å². The summed E-state index contributed by atoms with van der Waals surface area (Å²) in [5, 5.41) is 3.32. The maximum atomic E-state index is 11.7. The molecule has 1 saturated heterocycles. The van der Waals surface area contributed by atoms with Gasteiger partial charge in [0.2, 0.25) is 0 Å². The second-order valence-electron chi connectivity index (χ2n) is 6.72. The predicted molar refractivity (Wildman–Crippen MR) is 127 cm³/mol. The van der Waals surface area contributed by atoms with Crippen molar-refractivity contribution < 1.29 is 18.7 Å². The Morgan fingerprint density at radius 3 is 2.53 bits per heavy atom. The molecule has 1 aromatic carbocycles. The molecule has 1 fully saturated rings. The average Bonchev–Trinajstić information content (AvgIpc) is 3.14. The smallest absolute Gasteiger partial charge is 0.341 e. The van der Waals surface area contributed by atoms with Crippen molar-refractivity contribution in [2.75, 3.05) is 52.3 Å². The maximum absolute atomic E-state index is 11.7. The number of benzene rings is 1. The summed E-state index contributed by atoms with van der Waals surface area (Å²) >= 11 is 0. The van der Waals surface area contributed by atoms with E-state index in [9.17, 15) is 4.79 Å². The maximum Gasteiger partial charge on any atom is 0.341 e. The van der Waals surface area contributed by atoms with Crippen LogP contribution < -0.4 is 15.0 Å². The molecule has 1 aromatic heterocycles. The van der Waals surface area contributed by atoms with Gasteiger partial charge in [-0.05, 0) is 25.1 Å². The van der Waals surface area contributed by atoms with Crippen LogP contribution in [-0.2, 0) is 11.3 Å². The average molecular weight is 528 g/mol. The SMILES string of the molecule is CN=C(NCc1cc(C(=O)OC)c(C)o1)N1CCN(c2ccccc2OC)CC1.I. The van der Waals surface area contributed by atoms with Crippen LogP contribution in [0.5, 0.6) is 5.75 Å². The van der Waals surface area contributed by atoms with Gasteiger partial charge in [0.15, 0.2) is 5.96 Å². The van der Waals surface area contributed by atoms with Gasteiger partial charge < -0.3 is 29.0 Å². The van der Waals surface area contributed by atoms with Gasteiger partial charge in [-0.25, -0.2) is 4.79 Å². The van der Waals surface area contributed by atoms with Gasteiger partial charge >= 0.3 is 5.97 Å². The fraction of sp³-hybridized carbons (Fsp3) is 0.429. The van der Waals surface area contributed by atoms with E-state index in [-0.39, 0.29) is 24.0 Å². The van der Waals surface area contributed by atoms with Crippen LogP contribution in [0.15, 0.2) is 39.7 Å². The van der Waals surface area contributed by atoms with Crippen molar-refractivity contribution in [3.8, 4) is 5.75 Å². The number of carbonyl (C=O) groups is 1. The Bertz CT molecular complexity index is 876. The number of furan rings is 1. The minimum absolute atomic E-state index is 0. The molecule has 2 aromatic rings. The molecule has 3 rings (SSSR count). The van der Waals surface area contributed by atoms with Crippen molar-refractivity contribution in [1.29, 1.82) is 0 Å². The molecule has 1 aliphatic rings. The van der Waals surface area contributed by atoms with Crippen molar-refractivity contribution >= 4 is 41.6 Å². The second kappa shape index (κ2) is 11.1. The van der Waals surface area contributed by atoms with Gasteiger partial charge in [-0.1, -0.05) is 12.1 Å². The largest absolute Gasteiger partial charge is 0.495 e. The fourth-order valence-corrected chi connectivity index (χ4v) is 3.49. The molecule has 0 unspecified atom stereocenters. The molecule has 1 N–H and O–H groups in total. The number of hydrogen-bond acceptors (Lipinski definition) is 6. The highest BCUT2D eigenvalue weighted by molar-refractivity contribution is 14.0. The Labute approximate surface area is 194 Å². The minimum Gasteiger partial charge on any atom is -0.495 e. The van der Waals surface area contributed by atoms with Gasteiger partial charge in [-0.2, -0.15) is 0 Å². The van der Waals surface area contributed by atoms with Crippen molar-refractivity contribution in [2.24, 2.45) is 4.99 Å². The molecule has 8 nitrogen and oxygen atoms in total. The van der Waals surface area contributed by atoms with Crippen LogP contribution >= 0.6 is 24.0 Å². The number of ether oxygens (including phenoxy) is 2. The summed E-state index contributed by atoms with van der Waals surface area (Å²) in [6.45, 7) is 5.60. The van der Waals surface area contributed by atoms with E-state index in [4.69, 9.17) is 13.9 Å². The number of anilines is 1. The number of nitrogens with zero attached hydrogens (tertiary/aromatic N) is 3. The lowest BCUT2D eigenvalue weighted by atomic mass is 10.2. The van der Waals surface area contributed by atoms with Crippen molar-refractivity contribution in [3.63, 3.8) is 0 Å². The van der Waals surface area contributed by atoms with Crippen LogP contribution in [0.3, 0.4) is 0 Å². The molecule has 0 radical (unpaired) electrons. The molecule has 164 valence electrons. The molecule has 0 spiro atoms. The molecule has 0 saturated carbocycles. The number of rotatable bonds is 5. The lowest BCUT2D eigenvalue weighted by molar-refractivity contribution is 0.0599. The standard InChI is InChI=1S/C21H28N4O4.HI/c1-15-17(20(26)28-4)13-16(29-15)14-23-21(22-2)25-11-9-24(10-12-25)18-7-5-6-8-19(18)27-3;/h5-8,13H,9-12,14H2,1-4H3,(H,22,23);1H. The Hall–Kier alpha value is -2.43. The number of nitrogens with one attached hydrogen (secondary N) is 1. The van der Waals surface area contributed by atoms with E-state index in [1.807, 2.05) is 18.2 Å². The molecule has 30 heavy (non-hydrogen) atoms. The first-order valence-electron chi connectivity index (χ1n) is 9.58. The summed E-state index contributed by atoms with van der Waals surface area (Å²) < 4.78 is 15.9. The number of para-hydroxylation sites is 2. The predicted octanol–water partition coefficient (Wildman–Crippen LogP) is 2.90. The van der Waals surface area contributed by atoms with Gasteiger partial charge in [-0.3, -0.25) is 4.99 Å². The number of guanidine groups is 1. The van der Waals surface area contributed by atoms with Gasteiger partial charge in [0.05, 0.1) is 26.5 Å². The van der Waals surface area contributed by atoms with Gasteiger partial charge in [0.25, 0.3) is 0 Å². The van der Waals surface area contributed by atoms with E-state index in [0.717, 1.165) is 43.6 Å². The lowest BCUT2D eigenvalue weighted by Crippen LogP contribution is -2.52. The molecule has 9 heteroatoms. The molecule has 0 amide bonds.